The molecule has 6 heteroatoms. The van der Waals surface area contributed by atoms with Crippen molar-refractivity contribution in [1.82, 2.24) is 4.98 Å². The number of anilines is 1. The summed E-state index contributed by atoms with van der Waals surface area (Å²) >= 11 is 0. The summed E-state index contributed by atoms with van der Waals surface area (Å²) in [6.45, 7) is 1.52. The van der Waals surface area contributed by atoms with Crippen LogP contribution in [0.4, 0.5) is 23.4 Å². The normalized spacial score (nSPS) is 11.6. The Morgan fingerprint density at radius 2 is 1.79 bits per heavy atom. The van der Waals surface area contributed by atoms with Crippen LogP contribution in [-0.2, 0) is 6.18 Å². The van der Waals surface area contributed by atoms with E-state index in [2.05, 4.69) is 4.98 Å². The Morgan fingerprint density at radius 1 is 1.11 bits per heavy atom. The van der Waals surface area contributed by atoms with E-state index in [0.717, 1.165) is 12.1 Å². The summed E-state index contributed by atoms with van der Waals surface area (Å²) in [4.78, 5) is 3.84. The maximum atomic E-state index is 13.1. The van der Waals surface area contributed by atoms with Gasteiger partial charge in [0, 0.05) is 5.56 Å². The van der Waals surface area contributed by atoms with E-state index in [1.807, 2.05) is 0 Å². The lowest BCUT2D eigenvalue weighted by atomic mass is 10.1. The second kappa shape index (κ2) is 4.53. The van der Waals surface area contributed by atoms with E-state index < -0.39 is 17.6 Å². The molecule has 0 fully saturated rings. The van der Waals surface area contributed by atoms with Gasteiger partial charge < -0.3 is 5.73 Å². The third-order valence-corrected chi connectivity index (χ3v) is 2.63. The van der Waals surface area contributed by atoms with Crippen LogP contribution in [0.25, 0.3) is 11.3 Å². The number of hydrogen-bond acceptors (Lipinski definition) is 2. The Labute approximate surface area is 106 Å². The average Bonchev–Trinajstić information content (AvgIpc) is 2.31. The molecule has 0 spiro atoms. The van der Waals surface area contributed by atoms with Crippen LogP contribution in [0.3, 0.4) is 0 Å². The highest BCUT2D eigenvalue weighted by atomic mass is 19.4. The van der Waals surface area contributed by atoms with Gasteiger partial charge in [0.2, 0.25) is 0 Å². The third kappa shape index (κ3) is 2.83. The lowest BCUT2D eigenvalue weighted by Crippen LogP contribution is -2.07. The van der Waals surface area contributed by atoms with E-state index in [1.165, 1.54) is 25.1 Å². The van der Waals surface area contributed by atoms with Gasteiger partial charge in [-0.25, -0.2) is 9.37 Å². The summed E-state index contributed by atoms with van der Waals surface area (Å²) in [5.74, 6) is -0.657. The molecular weight excluding hydrogens is 260 g/mol. The standard InChI is InChI=1S/C13H10F4N2/c1-7-4-8(2-3-10(7)14)11-5-9(13(15,16)17)6-12(18)19-11/h2-6H,1H3,(H2,18,19). The van der Waals surface area contributed by atoms with E-state index >= 15 is 0 Å². The van der Waals surface area contributed by atoms with Gasteiger partial charge in [0.15, 0.2) is 0 Å². The van der Waals surface area contributed by atoms with Gasteiger partial charge in [0.25, 0.3) is 0 Å². The van der Waals surface area contributed by atoms with E-state index in [-0.39, 0.29) is 11.5 Å². The Morgan fingerprint density at radius 3 is 2.37 bits per heavy atom. The van der Waals surface area contributed by atoms with Crippen LogP contribution in [-0.4, -0.2) is 4.98 Å². The molecule has 0 atom stereocenters. The first-order valence-electron chi connectivity index (χ1n) is 5.38. The van der Waals surface area contributed by atoms with Gasteiger partial charge in [-0.3, -0.25) is 0 Å². The van der Waals surface area contributed by atoms with Crippen LogP contribution in [0.2, 0.25) is 0 Å². The predicted molar refractivity (Wildman–Crippen MR) is 63.8 cm³/mol. The highest BCUT2D eigenvalue weighted by Gasteiger charge is 2.31. The van der Waals surface area contributed by atoms with Gasteiger partial charge in [-0.1, -0.05) is 0 Å². The molecule has 2 rings (SSSR count). The number of hydrogen-bond donors (Lipinski definition) is 1. The summed E-state index contributed by atoms with van der Waals surface area (Å²) in [5, 5.41) is 0. The maximum absolute atomic E-state index is 13.1. The summed E-state index contributed by atoms with van der Waals surface area (Å²) in [6.07, 6.45) is -4.50. The van der Waals surface area contributed by atoms with Gasteiger partial charge in [0.1, 0.15) is 11.6 Å². The zero-order valence-corrected chi connectivity index (χ0v) is 9.92. The lowest BCUT2D eigenvalue weighted by Gasteiger charge is -2.10. The second-order valence-electron chi connectivity index (χ2n) is 4.13. The minimum Gasteiger partial charge on any atom is -0.384 e. The highest BCUT2D eigenvalue weighted by Crippen LogP contribution is 2.33. The molecule has 0 aliphatic heterocycles. The van der Waals surface area contributed by atoms with E-state index in [1.54, 1.807) is 0 Å². The van der Waals surface area contributed by atoms with Crippen molar-refractivity contribution in [2.45, 2.75) is 13.1 Å². The predicted octanol–water partition coefficient (Wildman–Crippen LogP) is 3.80. The van der Waals surface area contributed by atoms with E-state index in [0.29, 0.717) is 11.1 Å². The third-order valence-electron chi connectivity index (χ3n) is 2.63. The molecule has 0 bridgehead atoms. The molecular formula is C13H10F4N2. The van der Waals surface area contributed by atoms with Crippen molar-refractivity contribution in [2.24, 2.45) is 0 Å². The molecule has 0 saturated heterocycles. The zero-order chi connectivity index (χ0) is 14.2. The topological polar surface area (TPSA) is 38.9 Å². The fourth-order valence-electron chi connectivity index (χ4n) is 1.67. The number of alkyl halides is 3. The fourth-order valence-corrected chi connectivity index (χ4v) is 1.67. The number of aryl methyl sites for hydroxylation is 1. The van der Waals surface area contributed by atoms with Crippen LogP contribution in [0.5, 0.6) is 0 Å². The van der Waals surface area contributed by atoms with Gasteiger partial charge in [-0.2, -0.15) is 13.2 Å². The Balaban J connectivity index is 2.56. The molecule has 2 aromatic rings. The number of nitrogens with zero attached hydrogens (tertiary/aromatic N) is 1. The molecule has 1 heterocycles. The van der Waals surface area contributed by atoms with Gasteiger partial charge in [-0.15, -0.1) is 0 Å². The van der Waals surface area contributed by atoms with E-state index in [9.17, 15) is 17.6 Å². The minimum atomic E-state index is -4.50. The number of nitrogen functional groups attached to an aromatic ring is 1. The van der Waals surface area contributed by atoms with Crippen molar-refractivity contribution in [3.05, 3.63) is 47.3 Å². The SMILES string of the molecule is Cc1cc(-c2cc(C(F)(F)F)cc(N)n2)ccc1F. The average molecular weight is 270 g/mol. The summed E-state index contributed by atoms with van der Waals surface area (Å²) in [7, 11) is 0. The maximum Gasteiger partial charge on any atom is 0.416 e. The first-order valence-corrected chi connectivity index (χ1v) is 5.38. The lowest BCUT2D eigenvalue weighted by molar-refractivity contribution is -0.137. The Kier molecular flexibility index (Phi) is 3.18. The van der Waals surface area contributed by atoms with Crippen molar-refractivity contribution in [1.29, 1.82) is 0 Å². The number of rotatable bonds is 1. The summed E-state index contributed by atoms with van der Waals surface area (Å²) in [5.41, 5.74) is 5.28. The number of pyridine rings is 1. The molecule has 2 N–H and O–H groups in total. The minimum absolute atomic E-state index is 0.0652. The molecule has 2 nitrogen and oxygen atoms in total. The van der Waals surface area contributed by atoms with Crippen molar-refractivity contribution in [3.63, 3.8) is 0 Å². The molecule has 0 saturated carbocycles. The van der Waals surface area contributed by atoms with Crippen LogP contribution < -0.4 is 5.73 Å². The van der Waals surface area contributed by atoms with Crippen molar-refractivity contribution >= 4 is 5.82 Å². The first kappa shape index (κ1) is 13.3. The van der Waals surface area contributed by atoms with Crippen LogP contribution in [0.1, 0.15) is 11.1 Å². The van der Waals surface area contributed by atoms with Crippen molar-refractivity contribution in [2.75, 3.05) is 5.73 Å². The van der Waals surface area contributed by atoms with E-state index in [4.69, 9.17) is 5.73 Å². The molecule has 0 radical (unpaired) electrons. The van der Waals surface area contributed by atoms with Gasteiger partial charge in [0.05, 0.1) is 11.3 Å². The molecule has 0 unspecified atom stereocenters. The zero-order valence-electron chi connectivity index (χ0n) is 9.92. The Hall–Kier alpha value is -2.11. The molecule has 1 aromatic heterocycles. The molecule has 0 amide bonds. The fraction of sp³-hybridized carbons (Fsp3) is 0.154. The Bertz CT molecular complexity index is 621. The monoisotopic (exact) mass is 270 g/mol. The quantitative estimate of drug-likeness (QED) is 0.800. The molecule has 100 valence electrons. The number of nitrogens with two attached hydrogens (primary N) is 1. The summed E-state index contributed by atoms with van der Waals surface area (Å²) < 4.78 is 51.1. The van der Waals surface area contributed by atoms with Gasteiger partial charge >= 0.3 is 6.18 Å². The van der Waals surface area contributed by atoms with Crippen molar-refractivity contribution < 1.29 is 17.6 Å². The largest absolute Gasteiger partial charge is 0.416 e. The van der Waals surface area contributed by atoms with Gasteiger partial charge in [-0.05, 0) is 42.8 Å². The molecule has 0 aliphatic carbocycles. The van der Waals surface area contributed by atoms with Crippen LogP contribution in [0, 0.1) is 12.7 Å². The number of halogens is 4. The van der Waals surface area contributed by atoms with Crippen LogP contribution >= 0.6 is 0 Å². The first-order chi connectivity index (χ1) is 8.77. The number of aromatic nitrogens is 1. The highest BCUT2D eigenvalue weighted by molar-refractivity contribution is 5.63. The molecule has 1 aromatic carbocycles. The molecule has 0 aliphatic rings. The van der Waals surface area contributed by atoms with Crippen LogP contribution in [0.15, 0.2) is 30.3 Å². The smallest absolute Gasteiger partial charge is 0.384 e. The second-order valence-corrected chi connectivity index (χ2v) is 4.13. The van der Waals surface area contributed by atoms with Crippen molar-refractivity contribution in [3.8, 4) is 11.3 Å². The molecule has 19 heavy (non-hydrogen) atoms. The number of benzene rings is 1. The summed E-state index contributed by atoms with van der Waals surface area (Å²) in [6, 6.07) is 5.63.